The number of hydrogen-bond donors (Lipinski definition) is 1. The minimum atomic E-state index is -0.564. The molecule has 0 fully saturated rings. The van der Waals surface area contributed by atoms with Crippen LogP contribution in [0.25, 0.3) is 11.0 Å². The number of aliphatic hydroxyl groups is 1. The van der Waals surface area contributed by atoms with E-state index >= 15 is 0 Å². The Bertz CT molecular complexity index is 476. The van der Waals surface area contributed by atoms with Gasteiger partial charge in [0, 0.05) is 12.1 Å². The van der Waals surface area contributed by atoms with Crippen molar-refractivity contribution in [1.29, 1.82) is 0 Å². The van der Waals surface area contributed by atoms with Crippen LogP contribution >= 0.6 is 11.6 Å². The molecule has 2 rings (SSSR count). The standard InChI is InChI=1S/C10H11ClN2O/c1-6(14)10-12-8-5-7(11)3-4-9(8)13(10)2/h3-6,14H,1-2H3/t6-/m1/s1. The molecule has 1 atom stereocenters. The summed E-state index contributed by atoms with van der Waals surface area (Å²) in [7, 11) is 1.88. The molecular weight excluding hydrogens is 200 g/mol. The normalized spacial score (nSPS) is 13.4. The summed E-state index contributed by atoms with van der Waals surface area (Å²) in [5, 5.41) is 10.1. The number of aromatic nitrogens is 2. The quantitative estimate of drug-likeness (QED) is 0.784. The van der Waals surface area contributed by atoms with Crippen molar-refractivity contribution in [3.8, 4) is 0 Å². The predicted octanol–water partition coefficient (Wildman–Crippen LogP) is 2.28. The highest BCUT2D eigenvalue weighted by Gasteiger charge is 2.11. The smallest absolute Gasteiger partial charge is 0.138 e. The van der Waals surface area contributed by atoms with Gasteiger partial charge in [0.15, 0.2) is 0 Å². The molecule has 1 N–H and O–H groups in total. The van der Waals surface area contributed by atoms with Gasteiger partial charge in [-0.05, 0) is 25.1 Å². The summed E-state index contributed by atoms with van der Waals surface area (Å²) in [5.41, 5.74) is 1.79. The molecule has 0 aliphatic rings. The molecular formula is C10H11ClN2O. The van der Waals surface area contributed by atoms with Gasteiger partial charge in [-0.15, -0.1) is 0 Å². The summed E-state index contributed by atoms with van der Waals surface area (Å²) in [4.78, 5) is 4.30. The summed E-state index contributed by atoms with van der Waals surface area (Å²) in [6, 6.07) is 5.51. The molecule has 1 aromatic heterocycles. The molecule has 4 heteroatoms. The second kappa shape index (κ2) is 3.26. The Labute approximate surface area is 86.9 Å². The molecule has 1 heterocycles. The second-order valence-corrected chi connectivity index (χ2v) is 3.77. The summed E-state index contributed by atoms with van der Waals surface area (Å²) >= 11 is 5.85. The van der Waals surface area contributed by atoms with Gasteiger partial charge in [-0.2, -0.15) is 0 Å². The van der Waals surface area contributed by atoms with Crippen LogP contribution in [-0.2, 0) is 7.05 Å². The number of fused-ring (bicyclic) bond motifs is 1. The molecule has 0 radical (unpaired) electrons. The molecule has 0 saturated heterocycles. The largest absolute Gasteiger partial charge is 0.385 e. The van der Waals surface area contributed by atoms with Crippen LogP contribution in [0.4, 0.5) is 0 Å². The number of halogens is 1. The fourth-order valence-electron chi connectivity index (χ4n) is 1.57. The van der Waals surface area contributed by atoms with Crippen molar-refractivity contribution in [3.63, 3.8) is 0 Å². The van der Waals surface area contributed by atoms with Gasteiger partial charge in [0.2, 0.25) is 0 Å². The van der Waals surface area contributed by atoms with E-state index in [0.717, 1.165) is 11.0 Å². The van der Waals surface area contributed by atoms with Crippen LogP contribution in [0.3, 0.4) is 0 Å². The fraction of sp³-hybridized carbons (Fsp3) is 0.300. The number of hydrogen-bond acceptors (Lipinski definition) is 2. The minimum Gasteiger partial charge on any atom is -0.385 e. The Morgan fingerprint density at radius 1 is 1.50 bits per heavy atom. The third-order valence-electron chi connectivity index (χ3n) is 2.25. The van der Waals surface area contributed by atoms with E-state index < -0.39 is 6.10 Å². The van der Waals surface area contributed by atoms with Gasteiger partial charge in [-0.25, -0.2) is 4.98 Å². The van der Waals surface area contributed by atoms with Crippen LogP contribution in [0.15, 0.2) is 18.2 Å². The van der Waals surface area contributed by atoms with Crippen LogP contribution in [0, 0.1) is 0 Å². The van der Waals surface area contributed by atoms with Crippen LogP contribution in [0.1, 0.15) is 18.9 Å². The first-order valence-corrected chi connectivity index (χ1v) is 4.77. The topological polar surface area (TPSA) is 38.1 Å². The average molecular weight is 211 g/mol. The molecule has 74 valence electrons. The average Bonchev–Trinajstić information content (AvgIpc) is 2.43. The van der Waals surface area contributed by atoms with Crippen molar-refractivity contribution >= 4 is 22.6 Å². The monoisotopic (exact) mass is 210 g/mol. The molecule has 0 bridgehead atoms. The van der Waals surface area contributed by atoms with Crippen LogP contribution in [0.5, 0.6) is 0 Å². The zero-order valence-electron chi connectivity index (χ0n) is 8.03. The van der Waals surface area contributed by atoms with Gasteiger partial charge < -0.3 is 9.67 Å². The molecule has 0 unspecified atom stereocenters. The maximum absolute atomic E-state index is 9.46. The second-order valence-electron chi connectivity index (χ2n) is 3.34. The third-order valence-corrected chi connectivity index (χ3v) is 2.49. The molecule has 0 spiro atoms. The lowest BCUT2D eigenvalue weighted by atomic mass is 10.3. The molecule has 1 aromatic carbocycles. The number of benzene rings is 1. The minimum absolute atomic E-state index is 0.564. The van der Waals surface area contributed by atoms with Crippen molar-refractivity contribution in [1.82, 2.24) is 9.55 Å². The molecule has 0 amide bonds. The fourth-order valence-corrected chi connectivity index (χ4v) is 1.73. The maximum atomic E-state index is 9.46. The summed E-state index contributed by atoms with van der Waals surface area (Å²) < 4.78 is 1.87. The van der Waals surface area contributed by atoms with Crippen molar-refractivity contribution in [2.24, 2.45) is 7.05 Å². The van der Waals surface area contributed by atoms with E-state index in [1.54, 1.807) is 13.0 Å². The zero-order valence-corrected chi connectivity index (χ0v) is 8.78. The van der Waals surface area contributed by atoms with E-state index in [1.165, 1.54) is 0 Å². The number of aryl methyl sites for hydroxylation is 1. The number of imidazole rings is 1. The first kappa shape index (κ1) is 9.49. The predicted molar refractivity (Wildman–Crippen MR) is 56.4 cm³/mol. The molecule has 2 aromatic rings. The molecule has 0 aliphatic carbocycles. The Morgan fingerprint density at radius 2 is 2.21 bits per heavy atom. The van der Waals surface area contributed by atoms with Gasteiger partial charge in [-0.3, -0.25) is 0 Å². The third kappa shape index (κ3) is 1.38. The summed E-state index contributed by atoms with van der Waals surface area (Å²) in [5.74, 6) is 0.655. The number of nitrogens with zero attached hydrogens (tertiary/aromatic N) is 2. The highest BCUT2D eigenvalue weighted by Crippen LogP contribution is 2.22. The van der Waals surface area contributed by atoms with E-state index in [-0.39, 0.29) is 0 Å². The maximum Gasteiger partial charge on any atom is 0.138 e. The SMILES string of the molecule is C[C@@H](O)c1nc2cc(Cl)ccc2n1C. The molecule has 14 heavy (non-hydrogen) atoms. The molecule has 0 aliphatic heterocycles. The van der Waals surface area contributed by atoms with Crippen molar-refractivity contribution in [2.45, 2.75) is 13.0 Å². The first-order valence-electron chi connectivity index (χ1n) is 4.39. The lowest BCUT2D eigenvalue weighted by Crippen LogP contribution is -2.01. The summed E-state index contributed by atoms with van der Waals surface area (Å²) in [6.07, 6.45) is -0.564. The summed E-state index contributed by atoms with van der Waals surface area (Å²) in [6.45, 7) is 1.70. The zero-order chi connectivity index (χ0) is 10.3. The van der Waals surface area contributed by atoms with Crippen molar-refractivity contribution < 1.29 is 5.11 Å². The molecule has 0 saturated carbocycles. The van der Waals surface area contributed by atoms with Crippen molar-refractivity contribution in [3.05, 3.63) is 29.0 Å². The van der Waals surface area contributed by atoms with Gasteiger partial charge in [0.1, 0.15) is 11.9 Å². The Morgan fingerprint density at radius 3 is 2.86 bits per heavy atom. The van der Waals surface area contributed by atoms with Crippen molar-refractivity contribution in [2.75, 3.05) is 0 Å². The van der Waals surface area contributed by atoms with Gasteiger partial charge >= 0.3 is 0 Å². The number of rotatable bonds is 1. The van der Waals surface area contributed by atoms with Gasteiger partial charge in [0.05, 0.1) is 11.0 Å². The van der Waals surface area contributed by atoms with E-state index in [0.29, 0.717) is 10.8 Å². The Kier molecular flexibility index (Phi) is 2.21. The van der Waals surface area contributed by atoms with Gasteiger partial charge in [-0.1, -0.05) is 11.6 Å². The van der Waals surface area contributed by atoms with Crippen LogP contribution in [-0.4, -0.2) is 14.7 Å². The van der Waals surface area contributed by atoms with E-state index in [9.17, 15) is 5.11 Å². The van der Waals surface area contributed by atoms with E-state index in [4.69, 9.17) is 11.6 Å². The van der Waals surface area contributed by atoms with E-state index in [2.05, 4.69) is 4.98 Å². The van der Waals surface area contributed by atoms with E-state index in [1.807, 2.05) is 23.7 Å². The Balaban J connectivity index is 2.73. The number of aliphatic hydroxyl groups excluding tert-OH is 1. The lowest BCUT2D eigenvalue weighted by Gasteiger charge is -2.03. The van der Waals surface area contributed by atoms with Crippen LogP contribution < -0.4 is 0 Å². The highest BCUT2D eigenvalue weighted by molar-refractivity contribution is 6.31. The van der Waals surface area contributed by atoms with Crippen LogP contribution in [0.2, 0.25) is 5.02 Å². The van der Waals surface area contributed by atoms with Gasteiger partial charge in [0.25, 0.3) is 0 Å². The molecule has 3 nitrogen and oxygen atoms in total. The lowest BCUT2D eigenvalue weighted by molar-refractivity contribution is 0.186. The Hall–Kier alpha value is -1.06. The highest BCUT2D eigenvalue weighted by atomic mass is 35.5. The first-order chi connectivity index (χ1) is 6.59.